The van der Waals surface area contributed by atoms with Crippen LogP contribution in [-0.2, 0) is 0 Å². The number of hydrogen-bond donors (Lipinski definition) is 1. The third-order valence-corrected chi connectivity index (χ3v) is 1.92. The molecule has 0 aromatic heterocycles. The SMILES string of the molecule is CCCCN1CCN=C1C=NO. The molecule has 4 heteroatoms. The maximum Gasteiger partial charge on any atom is 0.145 e. The maximum atomic E-state index is 8.33. The van der Waals surface area contributed by atoms with Gasteiger partial charge in [0.1, 0.15) is 12.1 Å². The van der Waals surface area contributed by atoms with Crippen LogP contribution in [0.25, 0.3) is 0 Å². The quantitative estimate of drug-likeness (QED) is 0.387. The summed E-state index contributed by atoms with van der Waals surface area (Å²) in [4.78, 5) is 6.34. The van der Waals surface area contributed by atoms with Gasteiger partial charge in [-0.2, -0.15) is 0 Å². The molecule has 4 nitrogen and oxygen atoms in total. The number of hydrogen-bond acceptors (Lipinski definition) is 4. The van der Waals surface area contributed by atoms with Crippen LogP contribution in [0.15, 0.2) is 10.1 Å². The Balaban J connectivity index is 2.39. The maximum absolute atomic E-state index is 8.33. The first-order valence-corrected chi connectivity index (χ1v) is 4.35. The molecule has 0 spiro atoms. The molecular weight excluding hydrogens is 154 g/mol. The molecule has 12 heavy (non-hydrogen) atoms. The normalized spacial score (nSPS) is 17.4. The molecule has 0 bridgehead atoms. The average Bonchev–Trinajstić information content (AvgIpc) is 2.50. The minimum absolute atomic E-state index is 0.811. The van der Waals surface area contributed by atoms with Crippen LogP contribution < -0.4 is 0 Å². The standard InChI is InChI=1S/C8H15N3O/c1-2-3-5-11-6-4-9-8(11)7-10-12/h7,12H,2-6H2,1H3. The Labute approximate surface area is 72.6 Å². The van der Waals surface area contributed by atoms with Crippen LogP contribution in [-0.4, -0.2) is 41.8 Å². The van der Waals surface area contributed by atoms with Gasteiger partial charge in [0.15, 0.2) is 0 Å². The van der Waals surface area contributed by atoms with Crippen molar-refractivity contribution in [2.24, 2.45) is 10.1 Å². The summed E-state index contributed by atoms with van der Waals surface area (Å²) in [5.74, 6) is 0.811. The molecule has 0 aromatic rings. The highest BCUT2D eigenvalue weighted by Gasteiger charge is 2.13. The number of nitrogens with zero attached hydrogens (tertiary/aromatic N) is 3. The van der Waals surface area contributed by atoms with Crippen molar-refractivity contribution in [3.05, 3.63) is 0 Å². The predicted molar refractivity (Wildman–Crippen MR) is 49.1 cm³/mol. The van der Waals surface area contributed by atoms with Gasteiger partial charge in [-0.05, 0) is 6.42 Å². The lowest BCUT2D eigenvalue weighted by Gasteiger charge is -2.16. The van der Waals surface area contributed by atoms with E-state index in [1.54, 1.807) is 0 Å². The van der Waals surface area contributed by atoms with E-state index < -0.39 is 0 Å². The van der Waals surface area contributed by atoms with E-state index in [-0.39, 0.29) is 0 Å². The van der Waals surface area contributed by atoms with Crippen LogP contribution in [0.4, 0.5) is 0 Å². The first-order chi connectivity index (χ1) is 5.88. The highest BCUT2D eigenvalue weighted by atomic mass is 16.4. The van der Waals surface area contributed by atoms with E-state index in [4.69, 9.17) is 5.21 Å². The van der Waals surface area contributed by atoms with E-state index in [1.165, 1.54) is 12.6 Å². The number of aliphatic imine (C=N–C) groups is 1. The van der Waals surface area contributed by atoms with E-state index in [0.29, 0.717) is 0 Å². The van der Waals surface area contributed by atoms with Gasteiger partial charge in [-0.3, -0.25) is 4.99 Å². The molecule has 0 saturated carbocycles. The second-order valence-corrected chi connectivity index (χ2v) is 2.83. The number of unbranched alkanes of at least 4 members (excludes halogenated alkanes) is 1. The topological polar surface area (TPSA) is 48.2 Å². The molecule has 0 aliphatic carbocycles. The van der Waals surface area contributed by atoms with Crippen molar-refractivity contribution < 1.29 is 5.21 Å². The number of amidine groups is 1. The molecule has 0 saturated heterocycles. The van der Waals surface area contributed by atoms with Crippen LogP contribution in [0.5, 0.6) is 0 Å². The van der Waals surface area contributed by atoms with Gasteiger partial charge in [0.2, 0.25) is 0 Å². The van der Waals surface area contributed by atoms with Crippen molar-refractivity contribution in [1.82, 2.24) is 4.90 Å². The van der Waals surface area contributed by atoms with E-state index in [2.05, 4.69) is 22.0 Å². The smallest absolute Gasteiger partial charge is 0.145 e. The van der Waals surface area contributed by atoms with Crippen LogP contribution in [0, 0.1) is 0 Å². The summed E-state index contributed by atoms with van der Waals surface area (Å²) in [7, 11) is 0. The van der Waals surface area contributed by atoms with Crippen molar-refractivity contribution in [3.63, 3.8) is 0 Å². The molecule has 1 aliphatic heterocycles. The summed E-state index contributed by atoms with van der Waals surface area (Å²) < 4.78 is 0. The first kappa shape index (κ1) is 9.03. The lowest BCUT2D eigenvalue weighted by molar-refractivity contribution is 0.321. The molecule has 1 N–H and O–H groups in total. The average molecular weight is 169 g/mol. The molecule has 0 aromatic carbocycles. The van der Waals surface area contributed by atoms with Gasteiger partial charge < -0.3 is 10.1 Å². The van der Waals surface area contributed by atoms with Gasteiger partial charge in [-0.25, -0.2) is 0 Å². The van der Waals surface area contributed by atoms with E-state index in [9.17, 15) is 0 Å². The molecule has 1 rings (SSSR count). The second-order valence-electron chi connectivity index (χ2n) is 2.83. The third kappa shape index (κ3) is 2.22. The molecule has 1 heterocycles. The zero-order valence-corrected chi connectivity index (χ0v) is 7.40. The summed E-state index contributed by atoms with van der Waals surface area (Å²) in [5.41, 5.74) is 0. The van der Waals surface area contributed by atoms with Crippen molar-refractivity contribution in [3.8, 4) is 0 Å². The van der Waals surface area contributed by atoms with Crippen molar-refractivity contribution >= 4 is 12.1 Å². The van der Waals surface area contributed by atoms with Crippen molar-refractivity contribution in [1.29, 1.82) is 0 Å². The van der Waals surface area contributed by atoms with E-state index in [0.717, 1.165) is 31.9 Å². The fourth-order valence-corrected chi connectivity index (χ4v) is 1.25. The Morgan fingerprint density at radius 1 is 1.75 bits per heavy atom. The zero-order valence-electron chi connectivity index (χ0n) is 7.40. The minimum atomic E-state index is 0.811. The van der Waals surface area contributed by atoms with Crippen LogP contribution in [0.3, 0.4) is 0 Å². The van der Waals surface area contributed by atoms with Gasteiger partial charge in [0, 0.05) is 13.1 Å². The zero-order chi connectivity index (χ0) is 8.81. The molecule has 68 valence electrons. The highest BCUT2D eigenvalue weighted by Crippen LogP contribution is 2.02. The predicted octanol–water partition coefficient (Wildman–Crippen LogP) is 0.961. The molecule has 0 atom stereocenters. The Bertz CT molecular complexity index is 189. The Hall–Kier alpha value is -1.06. The summed E-state index contributed by atoms with van der Waals surface area (Å²) >= 11 is 0. The molecule has 0 amide bonds. The van der Waals surface area contributed by atoms with Crippen LogP contribution >= 0.6 is 0 Å². The third-order valence-electron chi connectivity index (χ3n) is 1.92. The number of rotatable bonds is 4. The largest absolute Gasteiger partial charge is 0.411 e. The Morgan fingerprint density at radius 3 is 3.25 bits per heavy atom. The van der Waals surface area contributed by atoms with Gasteiger partial charge >= 0.3 is 0 Å². The summed E-state index contributed by atoms with van der Waals surface area (Å²) in [6.45, 7) is 4.96. The van der Waals surface area contributed by atoms with Crippen molar-refractivity contribution in [2.45, 2.75) is 19.8 Å². The fourth-order valence-electron chi connectivity index (χ4n) is 1.25. The van der Waals surface area contributed by atoms with Gasteiger partial charge in [0.25, 0.3) is 0 Å². The van der Waals surface area contributed by atoms with Gasteiger partial charge in [-0.15, -0.1) is 0 Å². The summed E-state index contributed by atoms with van der Waals surface area (Å²) in [6, 6.07) is 0. The summed E-state index contributed by atoms with van der Waals surface area (Å²) in [6.07, 6.45) is 3.75. The molecule has 0 fully saturated rings. The Kier molecular flexibility index (Phi) is 3.57. The monoisotopic (exact) mass is 169 g/mol. The lowest BCUT2D eigenvalue weighted by atomic mass is 10.3. The van der Waals surface area contributed by atoms with E-state index in [1.807, 2.05) is 0 Å². The second kappa shape index (κ2) is 4.74. The molecular formula is C8H15N3O. The molecule has 0 radical (unpaired) electrons. The van der Waals surface area contributed by atoms with E-state index >= 15 is 0 Å². The van der Waals surface area contributed by atoms with Gasteiger partial charge in [-0.1, -0.05) is 18.5 Å². The lowest BCUT2D eigenvalue weighted by Crippen LogP contribution is -2.29. The van der Waals surface area contributed by atoms with Crippen molar-refractivity contribution in [2.75, 3.05) is 19.6 Å². The highest BCUT2D eigenvalue weighted by molar-refractivity contribution is 6.29. The minimum Gasteiger partial charge on any atom is -0.411 e. The van der Waals surface area contributed by atoms with Crippen LogP contribution in [0.2, 0.25) is 0 Å². The number of oxime groups is 1. The van der Waals surface area contributed by atoms with Gasteiger partial charge in [0.05, 0.1) is 6.54 Å². The summed E-state index contributed by atoms with van der Waals surface area (Å²) in [5, 5.41) is 11.3. The fraction of sp³-hybridized carbons (Fsp3) is 0.750. The first-order valence-electron chi connectivity index (χ1n) is 4.35. The Morgan fingerprint density at radius 2 is 2.58 bits per heavy atom. The molecule has 1 aliphatic rings. The van der Waals surface area contributed by atoms with Crippen LogP contribution in [0.1, 0.15) is 19.8 Å². The molecule has 0 unspecified atom stereocenters.